The van der Waals surface area contributed by atoms with Gasteiger partial charge in [-0.15, -0.1) is 0 Å². The van der Waals surface area contributed by atoms with Crippen LogP contribution in [-0.4, -0.2) is 53.7 Å². The second kappa shape index (κ2) is 6.43. The highest BCUT2D eigenvalue weighted by Gasteiger charge is 2.40. The lowest BCUT2D eigenvalue weighted by molar-refractivity contribution is -0.145. The van der Waals surface area contributed by atoms with Crippen molar-refractivity contribution in [2.45, 2.75) is 56.5 Å². The summed E-state index contributed by atoms with van der Waals surface area (Å²) >= 11 is 0. The maximum atomic E-state index is 12.1. The van der Waals surface area contributed by atoms with Gasteiger partial charge in [0, 0.05) is 12.6 Å². The van der Waals surface area contributed by atoms with Crippen molar-refractivity contribution in [3.05, 3.63) is 0 Å². The molecule has 1 saturated heterocycles. The Labute approximate surface area is 119 Å². The highest BCUT2D eigenvalue weighted by atomic mass is 16.4. The number of carboxylic acids is 1. The average molecular weight is 283 g/mol. The van der Waals surface area contributed by atoms with Gasteiger partial charge >= 0.3 is 12.0 Å². The summed E-state index contributed by atoms with van der Waals surface area (Å²) in [5.74, 6) is -0.905. The van der Waals surface area contributed by atoms with Gasteiger partial charge in [-0.2, -0.15) is 0 Å². The molecule has 0 aromatic carbocycles. The van der Waals surface area contributed by atoms with Gasteiger partial charge in [-0.3, -0.25) is 0 Å². The number of rotatable bonds is 3. The van der Waals surface area contributed by atoms with Gasteiger partial charge in [0.25, 0.3) is 0 Å². The SMILES string of the molecule is CN1CCC(NC(=O)NC2(C(=O)O)CCCCCC2)C1. The highest BCUT2D eigenvalue weighted by Crippen LogP contribution is 2.27. The van der Waals surface area contributed by atoms with Crippen molar-refractivity contribution >= 4 is 12.0 Å². The van der Waals surface area contributed by atoms with Crippen LogP contribution in [0, 0.1) is 0 Å². The van der Waals surface area contributed by atoms with Crippen LogP contribution < -0.4 is 10.6 Å². The van der Waals surface area contributed by atoms with Crippen molar-refractivity contribution in [1.82, 2.24) is 15.5 Å². The van der Waals surface area contributed by atoms with E-state index >= 15 is 0 Å². The Balaban J connectivity index is 1.93. The second-order valence-electron chi connectivity index (χ2n) is 6.15. The first kappa shape index (κ1) is 15.1. The first-order valence-corrected chi connectivity index (χ1v) is 7.52. The molecule has 114 valence electrons. The topological polar surface area (TPSA) is 81.7 Å². The van der Waals surface area contributed by atoms with Gasteiger partial charge in [-0.05, 0) is 32.9 Å². The second-order valence-corrected chi connectivity index (χ2v) is 6.15. The molecule has 0 radical (unpaired) electrons. The summed E-state index contributed by atoms with van der Waals surface area (Å²) in [5, 5.41) is 15.2. The van der Waals surface area contributed by atoms with E-state index in [4.69, 9.17) is 0 Å². The number of amides is 2. The lowest BCUT2D eigenvalue weighted by Gasteiger charge is -2.30. The zero-order chi connectivity index (χ0) is 14.6. The molecule has 2 amide bonds. The van der Waals surface area contributed by atoms with Gasteiger partial charge in [0.05, 0.1) is 0 Å². The quantitative estimate of drug-likeness (QED) is 0.679. The first-order chi connectivity index (χ1) is 9.52. The zero-order valence-corrected chi connectivity index (χ0v) is 12.2. The molecule has 0 bridgehead atoms. The molecule has 1 aliphatic heterocycles. The largest absolute Gasteiger partial charge is 0.480 e. The van der Waals surface area contributed by atoms with Crippen LogP contribution >= 0.6 is 0 Å². The third-order valence-corrected chi connectivity index (χ3v) is 4.45. The standard InChI is InChI=1S/C14H25N3O3/c1-17-9-6-11(10-17)15-13(20)16-14(12(18)19)7-4-2-3-5-8-14/h11H,2-10H2,1H3,(H,18,19)(H2,15,16,20). The summed E-state index contributed by atoms with van der Waals surface area (Å²) in [4.78, 5) is 25.9. The molecule has 3 N–H and O–H groups in total. The molecule has 1 aliphatic carbocycles. The number of hydrogen-bond acceptors (Lipinski definition) is 3. The van der Waals surface area contributed by atoms with Crippen LogP contribution in [0.4, 0.5) is 4.79 Å². The lowest BCUT2D eigenvalue weighted by Crippen LogP contribution is -2.58. The van der Waals surface area contributed by atoms with E-state index in [0.717, 1.165) is 45.2 Å². The van der Waals surface area contributed by atoms with Crippen molar-refractivity contribution in [3.63, 3.8) is 0 Å². The van der Waals surface area contributed by atoms with Gasteiger partial charge in [-0.25, -0.2) is 9.59 Å². The molecule has 0 aromatic heterocycles. The Morgan fingerprint density at radius 3 is 2.35 bits per heavy atom. The molecular formula is C14H25N3O3. The van der Waals surface area contributed by atoms with Crippen LogP contribution in [0.1, 0.15) is 44.9 Å². The van der Waals surface area contributed by atoms with Crippen LogP contribution in [0.5, 0.6) is 0 Å². The molecule has 0 aromatic rings. The van der Waals surface area contributed by atoms with Crippen LogP contribution in [0.15, 0.2) is 0 Å². The van der Waals surface area contributed by atoms with E-state index in [-0.39, 0.29) is 12.1 Å². The minimum Gasteiger partial charge on any atom is -0.480 e. The Hall–Kier alpha value is -1.30. The highest BCUT2D eigenvalue weighted by molar-refractivity contribution is 5.86. The summed E-state index contributed by atoms with van der Waals surface area (Å²) in [7, 11) is 2.02. The maximum Gasteiger partial charge on any atom is 0.329 e. The fourth-order valence-electron chi connectivity index (χ4n) is 3.22. The van der Waals surface area contributed by atoms with Gasteiger partial charge in [0.1, 0.15) is 5.54 Å². The van der Waals surface area contributed by atoms with E-state index < -0.39 is 11.5 Å². The predicted octanol–water partition coefficient (Wildman–Crippen LogP) is 1.17. The minimum absolute atomic E-state index is 0.122. The predicted molar refractivity (Wildman–Crippen MR) is 75.6 cm³/mol. The molecule has 2 aliphatic rings. The van der Waals surface area contributed by atoms with Crippen molar-refractivity contribution in [2.24, 2.45) is 0 Å². The van der Waals surface area contributed by atoms with Gasteiger partial charge in [0.15, 0.2) is 0 Å². The molecule has 1 heterocycles. The molecule has 1 unspecified atom stereocenters. The van der Waals surface area contributed by atoms with Crippen molar-refractivity contribution in [2.75, 3.05) is 20.1 Å². The van der Waals surface area contributed by atoms with Crippen molar-refractivity contribution < 1.29 is 14.7 Å². The number of likely N-dealkylation sites (tertiary alicyclic amines) is 1. The van der Waals surface area contributed by atoms with Crippen molar-refractivity contribution in [1.29, 1.82) is 0 Å². The molecule has 1 atom stereocenters. The Bertz CT molecular complexity index is 365. The van der Waals surface area contributed by atoms with Crippen LogP contribution in [-0.2, 0) is 4.79 Å². The van der Waals surface area contributed by atoms with Crippen molar-refractivity contribution in [3.8, 4) is 0 Å². The summed E-state index contributed by atoms with van der Waals surface area (Å²) < 4.78 is 0. The number of carbonyl (C=O) groups is 2. The average Bonchev–Trinajstić information content (AvgIpc) is 2.64. The number of carbonyl (C=O) groups excluding carboxylic acids is 1. The molecule has 0 spiro atoms. The van der Waals surface area contributed by atoms with Crippen LogP contribution in [0.2, 0.25) is 0 Å². The third-order valence-electron chi connectivity index (χ3n) is 4.45. The molecule has 1 saturated carbocycles. The van der Waals surface area contributed by atoms with E-state index in [9.17, 15) is 14.7 Å². The van der Waals surface area contributed by atoms with E-state index in [1.807, 2.05) is 7.05 Å². The Morgan fingerprint density at radius 2 is 1.85 bits per heavy atom. The third kappa shape index (κ3) is 3.62. The molecule has 6 nitrogen and oxygen atoms in total. The molecule has 20 heavy (non-hydrogen) atoms. The number of carboxylic acid groups (broad SMARTS) is 1. The number of likely N-dealkylation sites (N-methyl/N-ethyl adjacent to an activating group) is 1. The monoisotopic (exact) mass is 283 g/mol. The van der Waals surface area contributed by atoms with E-state index in [2.05, 4.69) is 15.5 Å². The maximum absolute atomic E-state index is 12.1. The summed E-state index contributed by atoms with van der Waals surface area (Å²) in [6.45, 7) is 1.79. The summed E-state index contributed by atoms with van der Waals surface area (Å²) in [6.07, 6.45) is 5.79. The number of aliphatic carboxylic acids is 1. The number of nitrogens with zero attached hydrogens (tertiary/aromatic N) is 1. The van der Waals surface area contributed by atoms with Crippen LogP contribution in [0.3, 0.4) is 0 Å². The molecule has 2 rings (SSSR count). The smallest absolute Gasteiger partial charge is 0.329 e. The lowest BCUT2D eigenvalue weighted by atomic mass is 9.90. The normalized spacial score (nSPS) is 26.8. The number of nitrogens with one attached hydrogen (secondary N) is 2. The van der Waals surface area contributed by atoms with E-state index in [0.29, 0.717) is 12.8 Å². The fourth-order valence-corrected chi connectivity index (χ4v) is 3.22. The van der Waals surface area contributed by atoms with Crippen LogP contribution in [0.25, 0.3) is 0 Å². The first-order valence-electron chi connectivity index (χ1n) is 7.52. The van der Waals surface area contributed by atoms with Gasteiger partial charge in [-0.1, -0.05) is 25.7 Å². The number of urea groups is 1. The number of hydrogen-bond donors (Lipinski definition) is 3. The van der Waals surface area contributed by atoms with Gasteiger partial charge < -0.3 is 20.6 Å². The van der Waals surface area contributed by atoms with E-state index in [1.165, 1.54) is 0 Å². The summed E-state index contributed by atoms with van der Waals surface area (Å²) in [6, 6.07) is -0.216. The molecule has 6 heteroatoms. The molecule has 2 fully saturated rings. The van der Waals surface area contributed by atoms with Gasteiger partial charge in [0.2, 0.25) is 0 Å². The Morgan fingerprint density at radius 1 is 1.20 bits per heavy atom. The van der Waals surface area contributed by atoms with E-state index in [1.54, 1.807) is 0 Å². The minimum atomic E-state index is -1.08. The zero-order valence-electron chi connectivity index (χ0n) is 12.2. The Kier molecular flexibility index (Phi) is 4.86. The summed E-state index contributed by atoms with van der Waals surface area (Å²) in [5.41, 5.74) is -1.08. The molecular weight excluding hydrogens is 258 g/mol. The fraction of sp³-hybridized carbons (Fsp3) is 0.857.